The number of nitrogens with one attached hydrogen (secondary N) is 1. The Morgan fingerprint density at radius 1 is 1.06 bits per heavy atom. The van der Waals surface area contributed by atoms with Crippen molar-refractivity contribution in [3.8, 4) is 17.2 Å². The van der Waals surface area contributed by atoms with Crippen molar-refractivity contribution in [2.24, 2.45) is 0 Å². The number of benzene rings is 2. The molecule has 1 atom stereocenters. The van der Waals surface area contributed by atoms with Gasteiger partial charge in [-0.3, -0.25) is 0 Å². The summed E-state index contributed by atoms with van der Waals surface area (Å²) in [5.74, 6) is -0.302. The van der Waals surface area contributed by atoms with Crippen molar-refractivity contribution < 1.29 is 18.7 Å². The molecule has 0 aromatic heterocycles. The summed E-state index contributed by atoms with van der Waals surface area (Å²) in [4.78, 5) is 21.6. The van der Waals surface area contributed by atoms with Crippen molar-refractivity contribution in [1.82, 2.24) is 5.32 Å². The van der Waals surface area contributed by atoms with Crippen LogP contribution in [0.5, 0.6) is 0 Å². The molecule has 2 aromatic carbocycles. The number of aryl methyl sites for hydroxylation is 2. The predicted octanol–water partition coefficient (Wildman–Crippen LogP) is 8.28. The van der Waals surface area contributed by atoms with E-state index in [1.807, 2.05) is 52.0 Å². The molecule has 2 rings (SSSR count). The van der Waals surface area contributed by atoms with Crippen LogP contribution in [0.15, 0.2) is 36.4 Å². The maximum absolute atomic E-state index is 13.6. The van der Waals surface area contributed by atoms with Crippen LogP contribution in [0, 0.1) is 31.0 Å². The van der Waals surface area contributed by atoms with Crippen molar-refractivity contribution in [3.05, 3.63) is 58.9 Å². The second kappa shape index (κ2) is 19.0. The first-order chi connectivity index (χ1) is 16.9. The van der Waals surface area contributed by atoms with Gasteiger partial charge in [-0.2, -0.15) is 5.26 Å². The summed E-state index contributed by atoms with van der Waals surface area (Å²) in [5, 5.41) is 10.4. The molecular formula is C30H45FN2O3. The monoisotopic (exact) mass is 500 g/mol. The summed E-state index contributed by atoms with van der Waals surface area (Å²) in [6, 6.07) is 12.9. The van der Waals surface area contributed by atoms with E-state index < -0.39 is 11.7 Å². The van der Waals surface area contributed by atoms with Gasteiger partial charge in [0.15, 0.2) is 0 Å². The Labute approximate surface area is 218 Å². The van der Waals surface area contributed by atoms with Crippen LogP contribution in [0.2, 0.25) is 0 Å². The molecular weight excluding hydrogens is 455 g/mol. The van der Waals surface area contributed by atoms with Crippen molar-refractivity contribution in [2.45, 2.75) is 93.6 Å². The third kappa shape index (κ3) is 14.9. The van der Waals surface area contributed by atoms with E-state index in [2.05, 4.69) is 19.2 Å². The summed E-state index contributed by atoms with van der Waals surface area (Å²) >= 11 is 0. The summed E-state index contributed by atoms with van der Waals surface area (Å²) in [5.41, 5.74) is 4.05. The molecule has 0 aliphatic heterocycles. The summed E-state index contributed by atoms with van der Waals surface area (Å²) in [6.07, 6.45) is 3.02. The number of alkyl carbamates (subject to hydrolysis) is 1. The molecule has 2 aromatic rings. The molecule has 0 saturated heterocycles. The fraction of sp³-hybridized carbons (Fsp3) is 0.500. The molecule has 6 heteroatoms. The number of unbranched alkanes of at least 4 members (excludes halogenated alkanes) is 1. The van der Waals surface area contributed by atoms with E-state index in [0.29, 0.717) is 5.56 Å². The van der Waals surface area contributed by atoms with E-state index in [1.54, 1.807) is 45.9 Å². The number of amides is 1. The van der Waals surface area contributed by atoms with E-state index in [-0.39, 0.29) is 18.3 Å². The van der Waals surface area contributed by atoms with Gasteiger partial charge in [0.1, 0.15) is 24.2 Å². The number of carbonyl (C=O) groups excluding carboxylic acids is 2. The van der Waals surface area contributed by atoms with Crippen molar-refractivity contribution in [3.63, 3.8) is 0 Å². The molecule has 0 fully saturated rings. The molecule has 0 heterocycles. The number of halogens is 1. The van der Waals surface area contributed by atoms with Crippen LogP contribution in [0.4, 0.5) is 9.18 Å². The SMILES string of the molecule is CC.CC(C)(C)OC(=O)NCC#N.CCCC.Cc1ccc(-c2ccc(C(C)C=O)c(C)c2)cc1F. The zero-order valence-corrected chi connectivity index (χ0v) is 23.8. The lowest BCUT2D eigenvalue weighted by Crippen LogP contribution is -2.32. The van der Waals surface area contributed by atoms with Crippen LogP contribution in [0.25, 0.3) is 11.1 Å². The highest BCUT2D eigenvalue weighted by atomic mass is 19.1. The molecule has 36 heavy (non-hydrogen) atoms. The van der Waals surface area contributed by atoms with Crippen LogP contribution in [0.3, 0.4) is 0 Å². The van der Waals surface area contributed by atoms with E-state index >= 15 is 0 Å². The van der Waals surface area contributed by atoms with Crippen molar-refractivity contribution in [2.75, 3.05) is 6.54 Å². The Bertz CT molecular complexity index is 958. The van der Waals surface area contributed by atoms with Crippen LogP contribution in [-0.2, 0) is 9.53 Å². The minimum Gasteiger partial charge on any atom is -0.444 e. The maximum Gasteiger partial charge on any atom is 0.408 e. The number of hydrogen-bond acceptors (Lipinski definition) is 4. The molecule has 200 valence electrons. The molecule has 0 bridgehead atoms. The fourth-order valence-electron chi connectivity index (χ4n) is 2.64. The Hall–Kier alpha value is -3.20. The van der Waals surface area contributed by atoms with Crippen LogP contribution < -0.4 is 5.32 Å². The summed E-state index contributed by atoms with van der Waals surface area (Å²) in [7, 11) is 0. The first-order valence-electron chi connectivity index (χ1n) is 12.6. The van der Waals surface area contributed by atoms with Gasteiger partial charge >= 0.3 is 6.09 Å². The summed E-state index contributed by atoms with van der Waals surface area (Å²) in [6.45, 7) is 19.2. The highest BCUT2D eigenvalue weighted by Crippen LogP contribution is 2.26. The second-order valence-corrected chi connectivity index (χ2v) is 8.97. The zero-order chi connectivity index (χ0) is 28.3. The highest BCUT2D eigenvalue weighted by Gasteiger charge is 2.15. The third-order valence-electron chi connectivity index (χ3n) is 4.68. The van der Waals surface area contributed by atoms with Gasteiger partial charge in [-0.1, -0.05) is 77.8 Å². The number of aldehydes is 1. The molecule has 1 unspecified atom stereocenters. The number of nitriles is 1. The van der Waals surface area contributed by atoms with Crippen LogP contribution in [0.1, 0.15) is 90.8 Å². The standard InChI is InChI=1S/C17H17FO.C7H12N2O2.C4H10.C2H6/c1-11-4-5-15(9-17(11)18)14-6-7-16(12(2)8-14)13(3)10-19;1-7(2,3)11-6(10)9-5-4-8;1-3-4-2;1-2/h4-10,13H,1-3H3;5H2,1-3H3,(H,9,10);3-4H2,1-2H3;1-2H3. The molecule has 0 spiro atoms. The van der Waals surface area contributed by atoms with E-state index in [1.165, 1.54) is 12.8 Å². The topological polar surface area (TPSA) is 79.2 Å². The number of hydrogen-bond donors (Lipinski definition) is 1. The summed E-state index contributed by atoms with van der Waals surface area (Å²) < 4.78 is 18.4. The minimum absolute atomic E-state index is 0.0189. The lowest BCUT2D eigenvalue weighted by molar-refractivity contribution is -0.108. The highest BCUT2D eigenvalue weighted by molar-refractivity contribution is 5.69. The first kappa shape index (κ1) is 35.0. The maximum atomic E-state index is 13.6. The predicted molar refractivity (Wildman–Crippen MR) is 148 cm³/mol. The number of nitrogens with zero attached hydrogens (tertiary/aromatic N) is 1. The lowest BCUT2D eigenvalue weighted by atomic mass is 9.93. The minimum atomic E-state index is -0.556. The molecule has 5 nitrogen and oxygen atoms in total. The van der Waals surface area contributed by atoms with Crippen LogP contribution >= 0.6 is 0 Å². The third-order valence-corrected chi connectivity index (χ3v) is 4.68. The largest absolute Gasteiger partial charge is 0.444 e. The Morgan fingerprint density at radius 2 is 1.58 bits per heavy atom. The smallest absolute Gasteiger partial charge is 0.408 e. The zero-order valence-electron chi connectivity index (χ0n) is 23.8. The average Bonchev–Trinajstić information content (AvgIpc) is 2.84. The van der Waals surface area contributed by atoms with E-state index in [4.69, 9.17) is 10.00 Å². The van der Waals surface area contributed by atoms with Gasteiger partial charge in [0.2, 0.25) is 0 Å². The lowest BCUT2D eigenvalue weighted by Gasteiger charge is -2.18. The van der Waals surface area contributed by atoms with Crippen LogP contribution in [-0.4, -0.2) is 24.5 Å². The number of carbonyl (C=O) groups is 2. The normalized spacial score (nSPS) is 10.5. The van der Waals surface area contributed by atoms with Gasteiger partial charge in [0, 0.05) is 5.92 Å². The van der Waals surface area contributed by atoms with Gasteiger partial charge in [-0.05, 0) is 68.5 Å². The number of ether oxygens (including phenoxy) is 1. The Kier molecular flexibility index (Phi) is 18.5. The Balaban J connectivity index is 0. The van der Waals surface area contributed by atoms with E-state index in [0.717, 1.165) is 28.5 Å². The molecule has 1 N–H and O–H groups in total. The van der Waals surface area contributed by atoms with Gasteiger partial charge in [-0.15, -0.1) is 0 Å². The quantitative estimate of drug-likeness (QED) is 0.331. The van der Waals surface area contributed by atoms with E-state index in [9.17, 15) is 14.0 Å². The first-order valence-corrected chi connectivity index (χ1v) is 12.6. The average molecular weight is 501 g/mol. The van der Waals surface area contributed by atoms with Crippen molar-refractivity contribution >= 4 is 12.4 Å². The Morgan fingerprint density at radius 3 is 2.00 bits per heavy atom. The molecule has 0 aliphatic rings. The molecule has 0 radical (unpaired) electrons. The molecule has 0 saturated carbocycles. The van der Waals surface area contributed by atoms with Gasteiger partial charge in [0.05, 0.1) is 6.07 Å². The number of rotatable bonds is 5. The molecule has 0 aliphatic carbocycles. The molecule has 1 amide bonds. The van der Waals surface area contributed by atoms with Crippen molar-refractivity contribution in [1.29, 1.82) is 5.26 Å². The fourth-order valence-corrected chi connectivity index (χ4v) is 2.64. The van der Waals surface area contributed by atoms with Gasteiger partial charge in [-0.25, -0.2) is 9.18 Å². The van der Waals surface area contributed by atoms with Gasteiger partial charge < -0.3 is 14.8 Å². The second-order valence-electron chi connectivity index (χ2n) is 8.97. The van der Waals surface area contributed by atoms with Gasteiger partial charge in [0.25, 0.3) is 0 Å².